The quantitative estimate of drug-likeness (QED) is 0.247. The number of benzene rings is 2. The lowest BCUT2D eigenvalue weighted by atomic mass is 9.87. The Balaban J connectivity index is 1.36. The molecule has 0 aliphatic rings. The molecular formula is C32H37N5O3. The Kier molecular flexibility index (Phi) is 9.11. The number of nitrogens with two attached hydrogens (primary N) is 1. The van der Waals surface area contributed by atoms with E-state index in [1.165, 1.54) is 17.7 Å². The molecule has 2 amide bonds. The van der Waals surface area contributed by atoms with Gasteiger partial charge in [-0.05, 0) is 84.7 Å². The predicted molar refractivity (Wildman–Crippen MR) is 156 cm³/mol. The molecule has 0 saturated heterocycles. The summed E-state index contributed by atoms with van der Waals surface area (Å²) in [5.74, 6) is -0.701. The fraction of sp³-hybridized carbons (Fsp3) is 0.312. The molecule has 1 atom stereocenters. The number of carbonyl (C=O) groups excluding carboxylic acids is 2. The second-order valence-corrected chi connectivity index (χ2v) is 11.0. The topological polar surface area (TPSA) is 123 Å². The molecule has 40 heavy (non-hydrogen) atoms. The number of hydrogen-bond acceptors (Lipinski definition) is 6. The third-order valence-electron chi connectivity index (χ3n) is 6.77. The van der Waals surface area contributed by atoms with E-state index < -0.39 is 11.9 Å². The van der Waals surface area contributed by atoms with Crippen molar-refractivity contribution in [2.45, 2.75) is 64.3 Å². The highest BCUT2D eigenvalue weighted by molar-refractivity contribution is 5.97. The minimum Gasteiger partial charge on any atom is -0.508 e. The average molecular weight is 540 g/mol. The number of hydrogen-bond donors (Lipinski definition) is 3. The molecule has 208 valence electrons. The Morgan fingerprint density at radius 3 is 2.35 bits per heavy atom. The monoisotopic (exact) mass is 539 g/mol. The average Bonchev–Trinajstić information content (AvgIpc) is 3.36. The van der Waals surface area contributed by atoms with Crippen molar-refractivity contribution in [2.75, 3.05) is 0 Å². The molecule has 0 spiro atoms. The van der Waals surface area contributed by atoms with Gasteiger partial charge in [-0.15, -0.1) is 0 Å². The van der Waals surface area contributed by atoms with E-state index in [9.17, 15) is 14.7 Å². The number of phenols is 1. The molecule has 2 aromatic heterocycles. The zero-order valence-electron chi connectivity index (χ0n) is 23.3. The summed E-state index contributed by atoms with van der Waals surface area (Å²) < 4.78 is 1.95. The second kappa shape index (κ2) is 12.7. The number of rotatable bonds is 10. The van der Waals surface area contributed by atoms with Crippen LogP contribution in [-0.2, 0) is 27.8 Å². The Morgan fingerprint density at radius 1 is 0.975 bits per heavy atom. The predicted octanol–water partition coefficient (Wildman–Crippen LogP) is 4.86. The maximum absolute atomic E-state index is 12.4. The summed E-state index contributed by atoms with van der Waals surface area (Å²) in [5, 5.41) is 16.7. The summed E-state index contributed by atoms with van der Waals surface area (Å²) in [7, 11) is 0. The van der Waals surface area contributed by atoms with Gasteiger partial charge < -0.3 is 10.8 Å². The van der Waals surface area contributed by atoms with Crippen LogP contribution in [0.4, 0.5) is 0 Å². The number of nitrogens with one attached hydrogen (secondary N) is 1. The van der Waals surface area contributed by atoms with E-state index in [2.05, 4.69) is 55.3 Å². The first-order valence-electron chi connectivity index (χ1n) is 13.6. The first-order chi connectivity index (χ1) is 19.1. The van der Waals surface area contributed by atoms with Crippen LogP contribution in [0.15, 0.2) is 79.0 Å². The van der Waals surface area contributed by atoms with E-state index in [-0.39, 0.29) is 29.9 Å². The van der Waals surface area contributed by atoms with Crippen molar-refractivity contribution in [1.29, 1.82) is 0 Å². The molecule has 0 aliphatic heterocycles. The van der Waals surface area contributed by atoms with Gasteiger partial charge in [0, 0.05) is 18.3 Å². The van der Waals surface area contributed by atoms with Gasteiger partial charge >= 0.3 is 0 Å². The Bertz CT molecular complexity index is 1420. The van der Waals surface area contributed by atoms with Gasteiger partial charge in [0.15, 0.2) is 0 Å². The zero-order valence-corrected chi connectivity index (χ0v) is 23.3. The van der Waals surface area contributed by atoms with Crippen LogP contribution in [0.1, 0.15) is 56.9 Å². The number of unbranched alkanes of at least 4 members (excludes halogenated alkanes) is 1. The van der Waals surface area contributed by atoms with Crippen LogP contribution in [0.25, 0.3) is 17.1 Å². The van der Waals surface area contributed by atoms with Crippen LogP contribution in [0.2, 0.25) is 0 Å². The smallest absolute Gasteiger partial charge is 0.243 e. The molecule has 0 fully saturated rings. The van der Waals surface area contributed by atoms with Crippen molar-refractivity contribution in [3.05, 3.63) is 95.8 Å². The fourth-order valence-electron chi connectivity index (χ4n) is 4.43. The van der Waals surface area contributed by atoms with Crippen LogP contribution in [-0.4, -0.2) is 37.7 Å². The molecule has 0 bridgehead atoms. The molecule has 4 aromatic rings. The lowest BCUT2D eigenvalue weighted by molar-refractivity contribution is -0.131. The van der Waals surface area contributed by atoms with Gasteiger partial charge in [-0.3, -0.25) is 19.9 Å². The first kappa shape index (κ1) is 28.7. The van der Waals surface area contributed by atoms with Gasteiger partial charge in [0.1, 0.15) is 11.4 Å². The number of aryl methyl sites for hydroxylation is 1. The second-order valence-electron chi connectivity index (χ2n) is 11.0. The van der Waals surface area contributed by atoms with Crippen LogP contribution in [0.3, 0.4) is 0 Å². The van der Waals surface area contributed by atoms with Crippen molar-refractivity contribution in [1.82, 2.24) is 20.1 Å². The highest BCUT2D eigenvalue weighted by atomic mass is 16.3. The van der Waals surface area contributed by atoms with Crippen molar-refractivity contribution < 1.29 is 14.7 Å². The molecule has 4 rings (SSSR count). The van der Waals surface area contributed by atoms with Gasteiger partial charge in [0.05, 0.1) is 17.4 Å². The van der Waals surface area contributed by atoms with Crippen molar-refractivity contribution >= 4 is 11.8 Å². The van der Waals surface area contributed by atoms with Gasteiger partial charge in [-0.2, -0.15) is 5.10 Å². The van der Waals surface area contributed by atoms with Gasteiger partial charge in [-0.25, -0.2) is 4.68 Å². The number of imide groups is 1. The number of carbonyl (C=O) groups is 2. The van der Waals surface area contributed by atoms with E-state index in [0.29, 0.717) is 12.8 Å². The molecule has 2 heterocycles. The Labute approximate surface area is 235 Å². The summed E-state index contributed by atoms with van der Waals surface area (Å²) in [6, 6.07) is 21.9. The fourth-order valence-corrected chi connectivity index (χ4v) is 4.43. The lowest BCUT2D eigenvalue weighted by Crippen LogP contribution is -2.44. The molecule has 8 heteroatoms. The van der Waals surface area contributed by atoms with Gasteiger partial charge in [0.2, 0.25) is 11.8 Å². The normalized spacial score (nSPS) is 12.2. The molecule has 0 aliphatic carbocycles. The van der Waals surface area contributed by atoms with Crippen LogP contribution >= 0.6 is 0 Å². The summed E-state index contributed by atoms with van der Waals surface area (Å²) in [6.07, 6.45) is 4.32. The zero-order chi connectivity index (χ0) is 28.7. The van der Waals surface area contributed by atoms with Gasteiger partial charge in [0.25, 0.3) is 0 Å². The molecule has 0 radical (unpaired) electrons. The lowest BCUT2D eigenvalue weighted by Gasteiger charge is -2.19. The van der Waals surface area contributed by atoms with Crippen molar-refractivity contribution in [2.24, 2.45) is 5.73 Å². The first-order valence-corrected chi connectivity index (χ1v) is 13.6. The number of aromatic nitrogens is 3. The molecule has 2 aromatic carbocycles. The molecule has 0 unspecified atom stereocenters. The number of pyridine rings is 1. The Morgan fingerprint density at radius 2 is 1.70 bits per heavy atom. The van der Waals surface area contributed by atoms with Crippen molar-refractivity contribution in [3.8, 4) is 22.8 Å². The minimum atomic E-state index is -0.850. The number of phenolic OH excluding ortho intramolecular Hbond substituents is 1. The summed E-state index contributed by atoms with van der Waals surface area (Å²) in [6.45, 7) is 6.56. The van der Waals surface area contributed by atoms with E-state index in [1.54, 1.807) is 18.3 Å². The summed E-state index contributed by atoms with van der Waals surface area (Å²) in [5.41, 5.74) is 11.7. The minimum absolute atomic E-state index is 0.0575. The highest BCUT2D eigenvalue weighted by Gasteiger charge is 2.18. The van der Waals surface area contributed by atoms with E-state index in [4.69, 9.17) is 10.8 Å². The van der Waals surface area contributed by atoms with Crippen LogP contribution in [0.5, 0.6) is 5.75 Å². The maximum atomic E-state index is 12.4. The standard InChI is InChI=1S/C32H37N5O3/c1-32(2,3)23-13-15-24(16-14-23)37-25(21-29(36-37)28-9-6-7-19-34-28)8-4-5-10-30(39)35-31(40)27(33)20-22-11-17-26(38)18-12-22/h6-7,9,11-19,21,27,38H,4-5,8,10,20,33H2,1-3H3,(H,35,39,40)/t27-/m0/s1. The molecule has 4 N–H and O–H groups in total. The Hall–Kier alpha value is -4.30. The number of nitrogens with zero attached hydrogens (tertiary/aromatic N) is 3. The summed E-state index contributed by atoms with van der Waals surface area (Å²) >= 11 is 0. The number of amides is 2. The highest BCUT2D eigenvalue weighted by Crippen LogP contribution is 2.25. The van der Waals surface area contributed by atoms with Crippen LogP contribution in [0, 0.1) is 0 Å². The van der Waals surface area contributed by atoms with E-state index in [0.717, 1.165) is 34.8 Å². The van der Waals surface area contributed by atoms with Gasteiger partial charge in [-0.1, -0.05) is 51.1 Å². The SMILES string of the molecule is CC(C)(C)c1ccc(-n2nc(-c3ccccn3)cc2CCCCC(=O)NC(=O)[C@@H](N)Cc2ccc(O)cc2)cc1. The third kappa shape index (κ3) is 7.64. The van der Waals surface area contributed by atoms with Crippen molar-refractivity contribution in [3.63, 3.8) is 0 Å². The summed E-state index contributed by atoms with van der Waals surface area (Å²) in [4.78, 5) is 29.2. The van der Waals surface area contributed by atoms with E-state index in [1.807, 2.05) is 28.9 Å². The third-order valence-corrected chi connectivity index (χ3v) is 6.77. The molecular weight excluding hydrogens is 502 g/mol. The molecule has 0 saturated carbocycles. The molecule has 8 nitrogen and oxygen atoms in total. The largest absolute Gasteiger partial charge is 0.508 e. The maximum Gasteiger partial charge on any atom is 0.243 e. The van der Waals surface area contributed by atoms with E-state index >= 15 is 0 Å². The van der Waals surface area contributed by atoms with Crippen LogP contribution < -0.4 is 11.1 Å². The number of aromatic hydroxyl groups is 1.